The quantitative estimate of drug-likeness (QED) is 0.296. The number of carbonyl (C=O) groups excluding carboxylic acids is 1. The van der Waals surface area contributed by atoms with Gasteiger partial charge in [-0.15, -0.1) is 0 Å². The summed E-state index contributed by atoms with van der Waals surface area (Å²) < 4.78 is 39.5. The monoisotopic (exact) mass is 524 g/mol. The van der Waals surface area contributed by atoms with E-state index in [0.29, 0.717) is 37.6 Å². The lowest BCUT2D eigenvalue weighted by Gasteiger charge is -2.24. The molecule has 37 heavy (non-hydrogen) atoms. The zero-order chi connectivity index (χ0) is 26.7. The number of aryl methyl sites for hydroxylation is 2. The average molecular weight is 525 g/mol. The Morgan fingerprint density at radius 2 is 1.62 bits per heavy atom. The molecule has 0 atom stereocenters. The predicted octanol–water partition coefficient (Wildman–Crippen LogP) is 5.13. The third-order valence-electron chi connectivity index (χ3n) is 5.71. The molecular formula is C29H36N2O5S. The molecule has 1 amide bonds. The van der Waals surface area contributed by atoms with Crippen molar-refractivity contribution in [2.24, 2.45) is 0 Å². The van der Waals surface area contributed by atoms with Crippen LogP contribution in [0.2, 0.25) is 0 Å². The Morgan fingerprint density at radius 1 is 0.919 bits per heavy atom. The lowest BCUT2D eigenvalue weighted by Crippen LogP contribution is -2.41. The van der Waals surface area contributed by atoms with Crippen LogP contribution in [0.4, 0.5) is 5.69 Å². The maximum absolute atomic E-state index is 13.6. The van der Waals surface area contributed by atoms with Gasteiger partial charge in [0.15, 0.2) is 0 Å². The largest absolute Gasteiger partial charge is 0.494 e. The van der Waals surface area contributed by atoms with E-state index in [9.17, 15) is 13.2 Å². The summed E-state index contributed by atoms with van der Waals surface area (Å²) in [7, 11) is -3.98. The molecule has 0 aliphatic rings. The molecule has 3 aromatic carbocycles. The molecule has 7 nitrogen and oxygen atoms in total. The summed E-state index contributed by atoms with van der Waals surface area (Å²) in [6.45, 7) is 7.09. The number of rotatable bonds is 14. The van der Waals surface area contributed by atoms with Crippen molar-refractivity contribution in [2.75, 3.05) is 30.6 Å². The summed E-state index contributed by atoms with van der Waals surface area (Å²) in [6.07, 6.45) is 2.38. The molecule has 0 aliphatic heterocycles. The highest BCUT2D eigenvalue weighted by atomic mass is 32.2. The van der Waals surface area contributed by atoms with E-state index in [1.807, 2.05) is 50.2 Å². The van der Waals surface area contributed by atoms with E-state index in [1.165, 1.54) is 12.1 Å². The van der Waals surface area contributed by atoms with Crippen molar-refractivity contribution in [1.82, 2.24) is 5.32 Å². The average Bonchev–Trinajstić information content (AvgIpc) is 2.90. The topological polar surface area (TPSA) is 84.9 Å². The summed E-state index contributed by atoms with van der Waals surface area (Å²) in [5, 5.41) is 2.87. The van der Waals surface area contributed by atoms with Gasteiger partial charge in [0.1, 0.15) is 18.0 Å². The molecule has 0 radical (unpaired) electrons. The van der Waals surface area contributed by atoms with E-state index in [4.69, 9.17) is 9.47 Å². The molecule has 1 N–H and O–H groups in total. The minimum Gasteiger partial charge on any atom is -0.494 e. The van der Waals surface area contributed by atoms with Gasteiger partial charge in [0.25, 0.3) is 10.0 Å². The molecular weight excluding hydrogens is 488 g/mol. The number of amides is 1. The molecule has 0 fully saturated rings. The minimum atomic E-state index is -3.98. The van der Waals surface area contributed by atoms with Gasteiger partial charge in [-0.25, -0.2) is 8.42 Å². The van der Waals surface area contributed by atoms with Gasteiger partial charge in [-0.2, -0.15) is 0 Å². The third-order valence-corrected chi connectivity index (χ3v) is 7.50. The van der Waals surface area contributed by atoms with E-state index in [-0.39, 0.29) is 17.3 Å². The van der Waals surface area contributed by atoms with Crippen molar-refractivity contribution in [3.05, 3.63) is 83.9 Å². The highest BCUT2D eigenvalue weighted by Crippen LogP contribution is 2.25. The molecule has 8 heteroatoms. The molecule has 0 unspecified atom stereocenters. The second kappa shape index (κ2) is 13.7. The van der Waals surface area contributed by atoms with Crippen molar-refractivity contribution in [1.29, 1.82) is 0 Å². The van der Waals surface area contributed by atoms with E-state index in [0.717, 1.165) is 34.0 Å². The van der Waals surface area contributed by atoms with Crippen LogP contribution in [-0.2, 0) is 21.2 Å². The number of ether oxygens (including phenoxy) is 2. The molecule has 0 saturated carbocycles. The second-order valence-electron chi connectivity index (χ2n) is 8.66. The van der Waals surface area contributed by atoms with Gasteiger partial charge in [-0.05, 0) is 81.1 Å². The fraction of sp³-hybridized carbons (Fsp3) is 0.345. The number of nitrogens with zero attached hydrogens (tertiary/aromatic N) is 1. The van der Waals surface area contributed by atoms with Crippen LogP contribution in [0.25, 0.3) is 0 Å². The molecule has 0 saturated heterocycles. The molecule has 0 spiro atoms. The summed E-state index contributed by atoms with van der Waals surface area (Å²) in [4.78, 5) is 13.0. The maximum atomic E-state index is 13.6. The summed E-state index contributed by atoms with van der Waals surface area (Å²) in [5.41, 5.74) is 2.51. The lowest BCUT2D eigenvalue weighted by molar-refractivity contribution is -0.119. The molecule has 0 aromatic heterocycles. The molecule has 3 aromatic rings. The number of carbonyl (C=O) groups is 1. The summed E-state index contributed by atoms with van der Waals surface area (Å²) >= 11 is 0. The molecule has 3 rings (SSSR count). The molecule has 0 bridgehead atoms. The van der Waals surface area contributed by atoms with Gasteiger partial charge in [0, 0.05) is 6.54 Å². The fourth-order valence-electron chi connectivity index (χ4n) is 3.78. The Labute approximate surface area is 220 Å². The predicted molar refractivity (Wildman–Crippen MR) is 147 cm³/mol. The zero-order valence-corrected chi connectivity index (χ0v) is 22.6. The zero-order valence-electron chi connectivity index (χ0n) is 21.8. The maximum Gasteiger partial charge on any atom is 0.264 e. The van der Waals surface area contributed by atoms with Crippen molar-refractivity contribution >= 4 is 21.6 Å². The van der Waals surface area contributed by atoms with E-state index >= 15 is 0 Å². The number of hydrogen-bond acceptors (Lipinski definition) is 5. The van der Waals surface area contributed by atoms with Crippen LogP contribution in [0.3, 0.4) is 0 Å². The van der Waals surface area contributed by atoms with Gasteiger partial charge in [-0.1, -0.05) is 42.8 Å². The Kier molecular flexibility index (Phi) is 10.4. The second-order valence-corrected chi connectivity index (χ2v) is 10.5. The van der Waals surface area contributed by atoms with Gasteiger partial charge < -0.3 is 14.8 Å². The van der Waals surface area contributed by atoms with Crippen LogP contribution >= 0.6 is 0 Å². The van der Waals surface area contributed by atoms with Gasteiger partial charge in [-0.3, -0.25) is 9.10 Å². The van der Waals surface area contributed by atoms with Crippen LogP contribution in [0.5, 0.6) is 11.5 Å². The van der Waals surface area contributed by atoms with Crippen molar-refractivity contribution in [3.8, 4) is 11.5 Å². The van der Waals surface area contributed by atoms with Crippen molar-refractivity contribution in [3.63, 3.8) is 0 Å². The van der Waals surface area contributed by atoms with Crippen LogP contribution in [-0.4, -0.2) is 40.6 Å². The van der Waals surface area contributed by atoms with Gasteiger partial charge in [0.2, 0.25) is 5.91 Å². The standard InChI is InChI=1S/C29H36N2O5S/c1-4-21-36-28-11-7-6-9-24(28)10-8-20-30-29(32)22-31(25-14-12-23(3)13-15-25)37(33,34)27-18-16-26(17-19-27)35-5-2/h6-7,9,11-19H,4-5,8,10,20-22H2,1-3H3,(H,30,32). The molecule has 0 heterocycles. The van der Waals surface area contributed by atoms with Crippen molar-refractivity contribution < 1.29 is 22.7 Å². The SMILES string of the molecule is CCCOc1ccccc1CCCNC(=O)CN(c1ccc(C)cc1)S(=O)(=O)c1ccc(OCC)cc1. The van der Waals surface area contributed by atoms with Gasteiger partial charge in [0.05, 0.1) is 23.8 Å². The molecule has 198 valence electrons. The first kappa shape index (κ1) is 28.1. The van der Waals surface area contributed by atoms with E-state index in [2.05, 4.69) is 12.2 Å². The van der Waals surface area contributed by atoms with Crippen LogP contribution < -0.4 is 19.1 Å². The van der Waals surface area contributed by atoms with E-state index in [1.54, 1.807) is 24.3 Å². The first-order chi connectivity index (χ1) is 17.8. The molecule has 0 aliphatic carbocycles. The number of nitrogens with one attached hydrogen (secondary N) is 1. The number of sulfonamides is 1. The normalized spacial score (nSPS) is 11.1. The lowest BCUT2D eigenvalue weighted by atomic mass is 10.1. The smallest absolute Gasteiger partial charge is 0.264 e. The number of hydrogen-bond donors (Lipinski definition) is 1. The third kappa shape index (κ3) is 7.98. The van der Waals surface area contributed by atoms with Crippen LogP contribution in [0, 0.1) is 6.92 Å². The Bertz CT molecular complexity index is 1240. The van der Waals surface area contributed by atoms with Crippen LogP contribution in [0.15, 0.2) is 77.7 Å². The fourth-order valence-corrected chi connectivity index (χ4v) is 5.20. The van der Waals surface area contributed by atoms with Crippen molar-refractivity contribution in [2.45, 2.75) is 44.9 Å². The summed E-state index contributed by atoms with van der Waals surface area (Å²) in [6, 6.07) is 21.2. The summed E-state index contributed by atoms with van der Waals surface area (Å²) in [5.74, 6) is 1.08. The van der Waals surface area contributed by atoms with Gasteiger partial charge >= 0.3 is 0 Å². The van der Waals surface area contributed by atoms with E-state index < -0.39 is 10.0 Å². The highest BCUT2D eigenvalue weighted by molar-refractivity contribution is 7.92. The Balaban J connectivity index is 1.68. The first-order valence-corrected chi connectivity index (χ1v) is 14.1. The first-order valence-electron chi connectivity index (χ1n) is 12.6. The van der Waals surface area contributed by atoms with Crippen LogP contribution in [0.1, 0.15) is 37.8 Å². The number of anilines is 1. The highest BCUT2D eigenvalue weighted by Gasteiger charge is 2.27. The number of para-hydroxylation sites is 1. The Morgan fingerprint density at radius 3 is 2.30 bits per heavy atom. The number of benzene rings is 3. The Hall–Kier alpha value is -3.52. The minimum absolute atomic E-state index is 0.0908.